The van der Waals surface area contributed by atoms with Gasteiger partial charge in [0, 0.05) is 37.1 Å². The average molecular weight is 498 g/mol. The maximum Gasteiger partial charge on any atom is 0.410 e. The van der Waals surface area contributed by atoms with Crippen molar-refractivity contribution >= 4 is 17.7 Å². The number of ether oxygens (including phenoxy) is 3. The van der Waals surface area contributed by atoms with Gasteiger partial charge in [0.2, 0.25) is 0 Å². The van der Waals surface area contributed by atoms with Gasteiger partial charge in [-0.2, -0.15) is 0 Å². The average Bonchev–Trinajstić information content (AvgIpc) is 3.27. The second-order valence-electron chi connectivity index (χ2n) is 9.28. The van der Waals surface area contributed by atoms with Gasteiger partial charge in [0.15, 0.2) is 0 Å². The zero-order valence-corrected chi connectivity index (χ0v) is 20.7. The normalized spacial score (nSPS) is 15.7. The number of carbonyl (C=O) groups is 1. The Morgan fingerprint density at radius 1 is 1.11 bits per heavy atom. The SMILES string of the molecule is CC(C)(C)OC(=O)N1CC[C@@H](Oc2ccc(-n3ccc(OCc4ccc(Cl)cn4)cc3=O)cc2)C1. The minimum atomic E-state index is -0.526. The van der Waals surface area contributed by atoms with Crippen LogP contribution in [0.25, 0.3) is 5.69 Å². The third kappa shape index (κ3) is 6.76. The summed E-state index contributed by atoms with van der Waals surface area (Å²) < 4.78 is 18.7. The van der Waals surface area contributed by atoms with Crippen LogP contribution in [0, 0.1) is 0 Å². The number of carbonyl (C=O) groups excluding carboxylic acids is 1. The molecule has 0 bridgehead atoms. The predicted molar refractivity (Wildman–Crippen MR) is 132 cm³/mol. The first-order chi connectivity index (χ1) is 16.7. The molecule has 0 spiro atoms. The van der Waals surface area contributed by atoms with Crippen molar-refractivity contribution in [1.82, 2.24) is 14.5 Å². The van der Waals surface area contributed by atoms with E-state index in [9.17, 15) is 9.59 Å². The van der Waals surface area contributed by atoms with Crippen LogP contribution < -0.4 is 15.0 Å². The summed E-state index contributed by atoms with van der Waals surface area (Å²) in [4.78, 5) is 30.7. The first-order valence-corrected chi connectivity index (χ1v) is 11.7. The Labute approximate surface area is 209 Å². The quantitative estimate of drug-likeness (QED) is 0.484. The molecule has 8 nitrogen and oxygen atoms in total. The first kappa shape index (κ1) is 24.6. The van der Waals surface area contributed by atoms with Crippen molar-refractivity contribution in [2.45, 2.75) is 45.5 Å². The van der Waals surface area contributed by atoms with Crippen molar-refractivity contribution < 1.29 is 19.0 Å². The van der Waals surface area contributed by atoms with Crippen LogP contribution >= 0.6 is 11.6 Å². The van der Waals surface area contributed by atoms with Crippen LogP contribution in [0.15, 0.2) is 65.7 Å². The molecule has 1 amide bonds. The number of benzene rings is 1. The molecule has 0 N–H and O–H groups in total. The molecule has 9 heteroatoms. The number of nitrogens with zero attached hydrogens (tertiary/aromatic N) is 3. The molecule has 1 aromatic carbocycles. The van der Waals surface area contributed by atoms with Gasteiger partial charge in [-0.1, -0.05) is 11.6 Å². The molecule has 1 aliphatic heterocycles. The van der Waals surface area contributed by atoms with Gasteiger partial charge < -0.3 is 19.1 Å². The molecule has 3 heterocycles. The second-order valence-corrected chi connectivity index (χ2v) is 9.71. The Morgan fingerprint density at radius 3 is 2.54 bits per heavy atom. The van der Waals surface area contributed by atoms with E-state index in [4.69, 9.17) is 25.8 Å². The monoisotopic (exact) mass is 497 g/mol. The summed E-state index contributed by atoms with van der Waals surface area (Å²) in [6.07, 6.45) is 3.51. The lowest BCUT2D eigenvalue weighted by atomic mass is 10.2. The van der Waals surface area contributed by atoms with Crippen LogP contribution in [-0.2, 0) is 11.3 Å². The summed E-state index contributed by atoms with van der Waals surface area (Å²) in [5, 5.41) is 0.554. The van der Waals surface area contributed by atoms with Gasteiger partial charge in [-0.3, -0.25) is 14.3 Å². The van der Waals surface area contributed by atoms with E-state index in [1.807, 2.05) is 45.0 Å². The van der Waals surface area contributed by atoms with Crippen LogP contribution in [-0.4, -0.2) is 45.3 Å². The second kappa shape index (κ2) is 10.4. The summed E-state index contributed by atoms with van der Waals surface area (Å²) in [6, 6.07) is 13.9. The number of rotatable bonds is 6. The van der Waals surface area contributed by atoms with E-state index in [1.165, 1.54) is 10.6 Å². The fraction of sp³-hybridized carbons (Fsp3) is 0.346. The fourth-order valence-electron chi connectivity index (χ4n) is 3.61. The number of hydrogen-bond donors (Lipinski definition) is 0. The van der Waals surface area contributed by atoms with Crippen molar-refractivity contribution in [3.8, 4) is 17.2 Å². The number of hydrogen-bond acceptors (Lipinski definition) is 6. The molecule has 0 aliphatic carbocycles. The highest BCUT2D eigenvalue weighted by Crippen LogP contribution is 2.22. The van der Waals surface area contributed by atoms with Gasteiger partial charge in [-0.25, -0.2) is 4.79 Å². The van der Waals surface area contributed by atoms with Gasteiger partial charge in [0.1, 0.15) is 29.8 Å². The highest BCUT2D eigenvalue weighted by molar-refractivity contribution is 6.30. The highest BCUT2D eigenvalue weighted by Gasteiger charge is 2.30. The maximum absolute atomic E-state index is 12.6. The molecule has 184 valence electrons. The van der Waals surface area contributed by atoms with E-state index in [1.54, 1.807) is 35.5 Å². The molecule has 2 aromatic heterocycles. The highest BCUT2D eigenvalue weighted by atomic mass is 35.5. The topological polar surface area (TPSA) is 82.9 Å². The molecule has 1 fully saturated rings. The minimum Gasteiger partial charge on any atom is -0.489 e. The van der Waals surface area contributed by atoms with E-state index < -0.39 is 5.60 Å². The number of halogens is 1. The summed E-state index contributed by atoms with van der Waals surface area (Å²) in [5.41, 5.74) is 0.673. The number of likely N-dealkylation sites (tertiary alicyclic amines) is 1. The molecule has 3 aromatic rings. The minimum absolute atomic E-state index is 0.109. The number of amides is 1. The van der Waals surface area contributed by atoms with Crippen molar-refractivity contribution in [1.29, 1.82) is 0 Å². The van der Waals surface area contributed by atoms with Crippen LogP contribution in [0.2, 0.25) is 5.02 Å². The van der Waals surface area contributed by atoms with E-state index in [2.05, 4.69) is 4.98 Å². The van der Waals surface area contributed by atoms with Crippen molar-refractivity contribution in [2.24, 2.45) is 0 Å². The van der Waals surface area contributed by atoms with Gasteiger partial charge in [0.25, 0.3) is 5.56 Å². The molecule has 0 unspecified atom stereocenters. The van der Waals surface area contributed by atoms with Crippen LogP contribution in [0.3, 0.4) is 0 Å². The molecular formula is C26H28ClN3O5. The number of pyridine rings is 2. The number of aromatic nitrogens is 2. The molecule has 4 rings (SSSR count). The fourth-order valence-corrected chi connectivity index (χ4v) is 3.72. The Bertz CT molecular complexity index is 1220. The zero-order valence-electron chi connectivity index (χ0n) is 19.9. The van der Waals surface area contributed by atoms with Crippen LogP contribution in [0.1, 0.15) is 32.9 Å². The third-order valence-corrected chi connectivity index (χ3v) is 5.50. The van der Waals surface area contributed by atoms with Crippen LogP contribution in [0.5, 0.6) is 11.5 Å². The van der Waals surface area contributed by atoms with Crippen molar-refractivity contribution in [3.63, 3.8) is 0 Å². The lowest BCUT2D eigenvalue weighted by Gasteiger charge is -2.24. The molecule has 1 aliphatic rings. The smallest absolute Gasteiger partial charge is 0.410 e. The molecular weight excluding hydrogens is 470 g/mol. The van der Waals surface area contributed by atoms with Gasteiger partial charge in [-0.15, -0.1) is 0 Å². The Kier molecular flexibility index (Phi) is 7.31. The standard InChI is InChI=1S/C26H28ClN3O5/c1-26(2,3)35-25(32)29-12-10-23(16-29)34-21-8-6-20(7-9-21)30-13-11-22(14-24(30)31)33-17-19-5-4-18(27)15-28-19/h4-9,11,13-15,23H,10,12,16-17H2,1-3H3/t23-/m1/s1. The van der Waals surface area contributed by atoms with E-state index in [0.29, 0.717) is 41.0 Å². The van der Waals surface area contributed by atoms with Crippen LogP contribution in [0.4, 0.5) is 4.79 Å². The third-order valence-electron chi connectivity index (χ3n) is 5.28. The van der Waals surface area contributed by atoms with E-state index in [0.717, 1.165) is 6.42 Å². The summed E-state index contributed by atoms with van der Waals surface area (Å²) in [7, 11) is 0. The Morgan fingerprint density at radius 2 is 1.89 bits per heavy atom. The molecule has 0 saturated carbocycles. The Balaban J connectivity index is 1.33. The van der Waals surface area contributed by atoms with E-state index >= 15 is 0 Å². The van der Waals surface area contributed by atoms with Gasteiger partial charge >= 0.3 is 6.09 Å². The first-order valence-electron chi connectivity index (χ1n) is 11.4. The maximum atomic E-state index is 12.6. The molecule has 1 saturated heterocycles. The zero-order chi connectivity index (χ0) is 25.0. The van der Waals surface area contributed by atoms with Gasteiger partial charge in [-0.05, 0) is 63.2 Å². The van der Waals surface area contributed by atoms with Crippen molar-refractivity contribution in [3.05, 3.63) is 82.0 Å². The Hall–Kier alpha value is -3.52. The largest absolute Gasteiger partial charge is 0.489 e. The lowest BCUT2D eigenvalue weighted by molar-refractivity contribution is 0.0275. The summed E-state index contributed by atoms with van der Waals surface area (Å²) >= 11 is 5.84. The van der Waals surface area contributed by atoms with Crippen molar-refractivity contribution in [2.75, 3.05) is 13.1 Å². The molecule has 1 atom stereocenters. The summed E-state index contributed by atoms with van der Waals surface area (Å²) in [5.74, 6) is 1.13. The molecule has 35 heavy (non-hydrogen) atoms. The summed E-state index contributed by atoms with van der Waals surface area (Å²) in [6.45, 7) is 6.85. The molecule has 0 radical (unpaired) electrons. The predicted octanol–water partition coefficient (Wildman–Crippen LogP) is 4.85. The lowest BCUT2D eigenvalue weighted by Crippen LogP contribution is -2.36. The van der Waals surface area contributed by atoms with Gasteiger partial charge in [0.05, 0.1) is 17.3 Å². The van der Waals surface area contributed by atoms with E-state index in [-0.39, 0.29) is 24.4 Å².